The Bertz CT molecular complexity index is 1270. The fourth-order valence-corrected chi connectivity index (χ4v) is 3.92. The van der Waals surface area contributed by atoms with Crippen molar-refractivity contribution in [1.29, 1.82) is 0 Å². The Morgan fingerprint density at radius 3 is 2.59 bits per heavy atom. The molecule has 0 spiro atoms. The molecule has 0 radical (unpaired) electrons. The van der Waals surface area contributed by atoms with Gasteiger partial charge in [-0.25, -0.2) is 9.97 Å². The molecule has 1 aliphatic rings. The number of hydrogen-bond donors (Lipinski definition) is 1. The summed E-state index contributed by atoms with van der Waals surface area (Å²) in [7, 11) is 4.02. The van der Waals surface area contributed by atoms with Crippen molar-refractivity contribution in [2.24, 2.45) is 7.05 Å². The molecular formula is C24H25N7O. The van der Waals surface area contributed by atoms with E-state index in [4.69, 9.17) is 0 Å². The monoisotopic (exact) mass is 427 g/mol. The second-order valence-electron chi connectivity index (χ2n) is 8.16. The molecule has 0 saturated carbocycles. The predicted molar refractivity (Wildman–Crippen MR) is 126 cm³/mol. The third-order valence-electron chi connectivity index (χ3n) is 5.82. The minimum absolute atomic E-state index is 0.219. The third-order valence-corrected chi connectivity index (χ3v) is 5.82. The second-order valence-corrected chi connectivity index (χ2v) is 8.16. The highest BCUT2D eigenvalue weighted by atomic mass is 16.1. The first kappa shape index (κ1) is 20.1. The summed E-state index contributed by atoms with van der Waals surface area (Å²) < 4.78 is 1.77. The van der Waals surface area contributed by atoms with Crippen molar-refractivity contribution >= 4 is 28.4 Å². The zero-order valence-corrected chi connectivity index (χ0v) is 18.2. The number of amides is 1. The zero-order chi connectivity index (χ0) is 22.1. The van der Waals surface area contributed by atoms with Crippen LogP contribution >= 0.6 is 0 Å². The van der Waals surface area contributed by atoms with Gasteiger partial charge in [0.2, 0.25) is 5.95 Å². The number of fused-ring (bicyclic) bond motifs is 1. The highest BCUT2D eigenvalue weighted by Crippen LogP contribution is 2.24. The summed E-state index contributed by atoms with van der Waals surface area (Å²) in [6.07, 6.45) is 5.50. The Labute approximate surface area is 186 Å². The molecule has 5 rings (SSSR count). The van der Waals surface area contributed by atoms with Gasteiger partial charge in [0.25, 0.3) is 5.91 Å². The van der Waals surface area contributed by atoms with E-state index in [1.54, 1.807) is 10.9 Å². The minimum Gasteiger partial charge on any atom is -0.369 e. The van der Waals surface area contributed by atoms with Gasteiger partial charge in [0.1, 0.15) is 0 Å². The number of nitrogens with one attached hydrogen (secondary N) is 1. The first-order valence-electron chi connectivity index (χ1n) is 10.7. The van der Waals surface area contributed by atoms with Crippen LogP contribution < -0.4 is 10.2 Å². The van der Waals surface area contributed by atoms with E-state index in [1.807, 2.05) is 55.8 Å². The summed E-state index contributed by atoms with van der Waals surface area (Å²) in [4.78, 5) is 26.4. The maximum atomic E-state index is 12.9. The third kappa shape index (κ3) is 4.17. The zero-order valence-electron chi connectivity index (χ0n) is 18.2. The van der Waals surface area contributed by atoms with Gasteiger partial charge in [0, 0.05) is 67.8 Å². The van der Waals surface area contributed by atoms with E-state index in [1.165, 1.54) is 0 Å². The number of piperazine rings is 1. The maximum Gasteiger partial charge on any atom is 0.258 e. The van der Waals surface area contributed by atoms with E-state index >= 15 is 0 Å². The first-order valence-corrected chi connectivity index (χ1v) is 10.7. The van der Waals surface area contributed by atoms with Gasteiger partial charge in [-0.2, -0.15) is 5.10 Å². The lowest BCUT2D eigenvalue weighted by Gasteiger charge is -2.34. The Hall–Kier alpha value is -3.78. The van der Waals surface area contributed by atoms with Crippen LogP contribution in [0.3, 0.4) is 0 Å². The normalized spacial score (nSPS) is 14.6. The first-order chi connectivity index (χ1) is 15.5. The molecule has 0 atom stereocenters. The van der Waals surface area contributed by atoms with Gasteiger partial charge < -0.3 is 9.80 Å². The van der Waals surface area contributed by atoms with Crippen LogP contribution in [0.15, 0.2) is 61.1 Å². The number of likely N-dealkylation sites (N-methyl/N-ethyl adjacent to an activating group) is 1. The van der Waals surface area contributed by atoms with Crippen LogP contribution in [-0.4, -0.2) is 63.8 Å². The van der Waals surface area contributed by atoms with Crippen LogP contribution in [0.4, 0.5) is 11.6 Å². The van der Waals surface area contributed by atoms with Crippen molar-refractivity contribution in [2.45, 2.75) is 0 Å². The molecule has 1 saturated heterocycles. The van der Waals surface area contributed by atoms with E-state index < -0.39 is 0 Å². The fraction of sp³-hybridized carbons (Fsp3) is 0.250. The lowest BCUT2D eigenvalue weighted by atomic mass is 10.1. The summed E-state index contributed by atoms with van der Waals surface area (Å²) in [5.74, 6) is 0.0691. The number of aryl methyl sites for hydroxylation is 1. The fourth-order valence-electron chi connectivity index (χ4n) is 3.92. The van der Waals surface area contributed by atoms with E-state index in [9.17, 15) is 4.79 Å². The molecule has 8 heteroatoms. The summed E-state index contributed by atoms with van der Waals surface area (Å²) in [6, 6.07) is 13.7. The summed E-state index contributed by atoms with van der Waals surface area (Å²) >= 11 is 0. The summed E-state index contributed by atoms with van der Waals surface area (Å²) in [6.45, 7) is 3.94. The molecule has 1 aliphatic heterocycles. The van der Waals surface area contributed by atoms with Gasteiger partial charge in [-0.05, 0) is 36.9 Å². The van der Waals surface area contributed by atoms with Crippen LogP contribution in [0.5, 0.6) is 0 Å². The van der Waals surface area contributed by atoms with Gasteiger partial charge in [-0.15, -0.1) is 0 Å². The van der Waals surface area contributed by atoms with E-state index in [0.717, 1.165) is 53.9 Å². The Morgan fingerprint density at radius 1 is 0.969 bits per heavy atom. The number of carbonyl (C=O) groups is 1. The molecule has 3 heterocycles. The van der Waals surface area contributed by atoms with Crippen LogP contribution in [0.1, 0.15) is 10.4 Å². The molecule has 1 amide bonds. The SMILES string of the molecule is CN1CCN(c2cccc(C(=O)Nc3ncc4ccc(-c5cnn(C)c5)cc4n3)c2)CC1. The average molecular weight is 428 g/mol. The number of benzene rings is 2. The molecule has 162 valence electrons. The van der Waals surface area contributed by atoms with Gasteiger partial charge in [-0.1, -0.05) is 18.2 Å². The van der Waals surface area contributed by atoms with Gasteiger partial charge in [0.15, 0.2) is 0 Å². The summed E-state index contributed by atoms with van der Waals surface area (Å²) in [5, 5.41) is 7.99. The number of aromatic nitrogens is 4. The molecule has 2 aromatic carbocycles. The molecule has 1 N–H and O–H groups in total. The van der Waals surface area contributed by atoms with Crippen molar-refractivity contribution in [1.82, 2.24) is 24.6 Å². The average Bonchev–Trinajstić information content (AvgIpc) is 3.25. The smallest absolute Gasteiger partial charge is 0.258 e. The lowest BCUT2D eigenvalue weighted by molar-refractivity contribution is 0.102. The number of anilines is 2. The standard InChI is InChI=1S/C24H25N7O/c1-29-8-10-31(11-9-29)21-5-3-4-18(12-21)23(32)28-24-25-14-19-7-6-17(13-22(19)27-24)20-15-26-30(2)16-20/h3-7,12-16H,8-11H2,1-2H3,(H,25,27,28,32). The molecule has 8 nitrogen and oxygen atoms in total. The van der Waals surface area contributed by atoms with E-state index in [-0.39, 0.29) is 11.9 Å². The molecule has 4 aromatic rings. The molecule has 0 bridgehead atoms. The van der Waals surface area contributed by atoms with Gasteiger partial charge in [-0.3, -0.25) is 14.8 Å². The molecule has 32 heavy (non-hydrogen) atoms. The van der Waals surface area contributed by atoms with Gasteiger partial charge in [0.05, 0.1) is 11.7 Å². The van der Waals surface area contributed by atoms with Crippen LogP contribution in [0, 0.1) is 0 Å². The highest BCUT2D eigenvalue weighted by Gasteiger charge is 2.16. The maximum absolute atomic E-state index is 12.9. The van der Waals surface area contributed by atoms with Crippen molar-refractivity contribution in [3.05, 3.63) is 66.6 Å². The largest absolute Gasteiger partial charge is 0.369 e. The van der Waals surface area contributed by atoms with Crippen molar-refractivity contribution in [2.75, 3.05) is 43.4 Å². The van der Waals surface area contributed by atoms with E-state index in [2.05, 4.69) is 43.3 Å². The molecular weight excluding hydrogens is 402 g/mol. The predicted octanol–water partition coefficient (Wildman–Crippen LogP) is 3.03. The Morgan fingerprint density at radius 2 is 1.81 bits per heavy atom. The van der Waals surface area contributed by atoms with Crippen LogP contribution in [0.25, 0.3) is 22.0 Å². The highest BCUT2D eigenvalue weighted by molar-refractivity contribution is 6.04. The van der Waals surface area contributed by atoms with Crippen LogP contribution in [-0.2, 0) is 7.05 Å². The van der Waals surface area contributed by atoms with Crippen molar-refractivity contribution in [3.8, 4) is 11.1 Å². The number of rotatable bonds is 4. The van der Waals surface area contributed by atoms with Crippen LogP contribution in [0.2, 0.25) is 0 Å². The number of nitrogens with zero attached hydrogens (tertiary/aromatic N) is 6. The van der Waals surface area contributed by atoms with E-state index in [0.29, 0.717) is 5.56 Å². The minimum atomic E-state index is -0.219. The number of hydrogen-bond acceptors (Lipinski definition) is 6. The Kier molecular flexibility index (Phi) is 5.28. The Balaban J connectivity index is 1.36. The summed E-state index contributed by atoms with van der Waals surface area (Å²) in [5.41, 5.74) is 4.45. The quantitative estimate of drug-likeness (QED) is 0.539. The van der Waals surface area contributed by atoms with Gasteiger partial charge >= 0.3 is 0 Å². The molecule has 0 unspecified atom stereocenters. The van der Waals surface area contributed by atoms with Crippen molar-refractivity contribution < 1.29 is 4.79 Å². The molecule has 0 aliphatic carbocycles. The lowest BCUT2D eigenvalue weighted by Crippen LogP contribution is -2.44. The second kappa shape index (κ2) is 8.39. The number of carbonyl (C=O) groups excluding carboxylic acids is 1. The molecule has 2 aromatic heterocycles. The topological polar surface area (TPSA) is 79.2 Å². The molecule has 1 fully saturated rings. The van der Waals surface area contributed by atoms with Crippen molar-refractivity contribution in [3.63, 3.8) is 0 Å².